The number of rotatable bonds is 2. The Hall–Kier alpha value is -1.04. The van der Waals surface area contributed by atoms with Gasteiger partial charge >= 0.3 is 7.12 Å². The van der Waals surface area contributed by atoms with Gasteiger partial charge in [0.25, 0.3) is 5.91 Å². The minimum atomic E-state index is -1.67. The van der Waals surface area contributed by atoms with Gasteiger partial charge in [0.1, 0.15) is 0 Å². The monoisotopic (exact) mass is 281 g/mol. The van der Waals surface area contributed by atoms with Crippen molar-refractivity contribution >= 4 is 30.1 Å². The lowest BCUT2D eigenvalue weighted by Crippen LogP contribution is -2.40. The number of hydrogen-bond acceptors (Lipinski definition) is 3. The molecule has 0 bridgehead atoms. The topological polar surface area (TPSA) is 60.8 Å². The summed E-state index contributed by atoms with van der Waals surface area (Å²) in [5.41, 5.74) is 0.610. The predicted octanol–water partition coefficient (Wildman–Crippen LogP) is 0.892. The largest absolute Gasteiger partial charge is 0.489 e. The summed E-state index contributed by atoms with van der Waals surface area (Å²) >= 11 is 5.86. The van der Waals surface area contributed by atoms with Crippen molar-refractivity contribution < 1.29 is 14.8 Å². The second-order valence-corrected chi connectivity index (χ2v) is 5.52. The lowest BCUT2D eigenvalue weighted by Gasteiger charge is -2.31. The average molecular weight is 282 g/mol. The number of amides is 1. The Bertz CT molecular complexity index is 481. The molecule has 1 aromatic carbocycles. The molecule has 0 aliphatic carbocycles. The summed E-state index contributed by atoms with van der Waals surface area (Å²) in [6, 6.07) is 4.60. The molecule has 2 N–H and O–H groups in total. The number of piperidine rings is 1. The number of carbonyl (C=O) groups is 1. The first kappa shape index (κ1) is 14.4. The molecule has 2 rings (SSSR count). The predicted molar refractivity (Wildman–Crippen MR) is 75.6 cm³/mol. The van der Waals surface area contributed by atoms with E-state index in [1.807, 2.05) is 4.90 Å². The first-order valence-corrected chi connectivity index (χ1v) is 6.81. The molecular formula is C13H17BClNO3. The summed E-state index contributed by atoms with van der Waals surface area (Å²) in [4.78, 5) is 14.2. The molecule has 1 aliphatic rings. The van der Waals surface area contributed by atoms with Crippen molar-refractivity contribution in [3.05, 3.63) is 28.8 Å². The molecule has 1 aromatic rings. The van der Waals surface area contributed by atoms with Crippen LogP contribution < -0.4 is 5.46 Å². The number of nitrogens with zero attached hydrogens (tertiary/aromatic N) is 1. The number of benzene rings is 1. The minimum Gasteiger partial charge on any atom is -0.423 e. The summed E-state index contributed by atoms with van der Waals surface area (Å²) in [5, 5.41) is 18.7. The molecule has 102 valence electrons. The van der Waals surface area contributed by atoms with E-state index in [0.29, 0.717) is 11.5 Å². The van der Waals surface area contributed by atoms with E-state index in [1.165, 1.54) is 12.1 Å². The van der Waals surface area contributed by atoms with Crippen molar-refractivity contribution in [3.8, 4) is 0 Å². The molecule has 0 saturated carbocycles. The van der Waals surface area contributed by atoms with Crippen LogP contribution in [0.2, 0.25) is 5.02 Å². The van der Waals surface area contributed by atoms with Crippen LogP contribution in [0.4, 0.5) is 0 Å². The van der Waals surface area contributed by atoms with Gasteiger partial charge in [-0.15, -0.1) is 0 Å². The average Bonchev–Trinajstić information content (AvgIpc) is 2.38. The maximum Gasteiger partial charge on any atom is 0.489 e. The molecule has 4 nitrogen and oxygen atoms in total. The molecule has 1 saturated heterocycles. The molecule has 19 heavy (non-hydrogen) atoms. The minimum absolute atomic E-state index is 0.0786. The van der Waals surface area contributed by atoms with Crippen LogP contribution in [0.3, 0.4) is 0 Å². The highest BCUT2D eigenvalue weighted by Gasteiger charge is 2.24. The zero-order chi connectivity index (χ0) is 14.0. The Labute approximate surface area is 118 Å². The van der Waals surface area contributed by atoms with Gasteiger partial charge < -0.3 is 14.9 Å². The summed E-state index contributed by atoms with van der Waals surface area (Å²) in [5.74, 6) is 0.429. The van der Waals surface area contributed by atoms with Gasteiger partial charge in [-0.1, -0.05) is 18.5 Å². The highest BCUT2D eigenvalue weighted by atomic mass is 35.5. The van der Waals surface area contributed by atoms with E-state index in [0.717, 1.165) is 25.9 Å². The fourth-order valence-corrected chi connectivity index (χ4v) is 2.65. The third kappa shape index (κ3) is 3.29. The Kier molecular flexibility index (Phi) is 4.50. The van der Waals surface area contributed by atoms with E-state index in [2.05, 4.69) is 6.92 Å². The number of hydrogen-bond donors (Lipinski definition) is 2. The van der Waals surface area contributed by atoms with E-state index >= 15 is 0 Å². The molecule has 1 fully saturated rings. The Balaban J connectivity index is 2.21. The zero-order valence-electron chi connectivity index (χ0n) is 10.8. The van der Waals surface area contributed by atoms with E-state index in [4.69, 9.17) is 11.6 Å². The van der Waals surface area contributed by atoms with Gasteiger partial charge in [0.2, 0.25) is 0 Å². The van der Waals surface area contributed by atoms with Crippen molar-refractivity contribution in [2.45, 2.75) is 19.8 Å². The third-order valence-corrected chi connectivity index (χ3v) is 3.81. The summed E-state index contributed by atoms with van der Waals surface area (Å²) in [6.07, 6.45) is 2.15. The number of likely N-dealkylation sites (tertiary alicyclic amines) is 1. The summed E-state index contributed by atoms with van der Waals surface area (Å²) in [6.45, 7) is 3.63. The standard InChI is InChI=1S/C13H17BClNO3/c1-9-3-2-6-16(8-9)13(17)10-4-5-12(15)11(7-10)14(18)19/h4-5,7,9,18-19H,2-3,6,8H2,1H3/t9-/m1/s1. The Morgan fingerprint density at radius 3 is 2.84 bits per heavy atom. The van der Waals surface area contributed by atoms with Crippen LogP contribution in [0.15, 0.2) is 18.2 Å². The van der Waals surface area contributed by atoms with Crippen LogP contribution in [0, 0.1) is 5.92 Å². The van der Waals surface area contributed by atoms with Crippen LogP contribution >= 0.6 is 11.6 Å². The molecule has 0 aromatic heterocycles. The van der Waals surface area contributed by atoms with E-state index in [-0.39, 0.29) is 16.4 Å². The van der Waals surface area contributed by atoms with Gasteiger partial charge in [-0.25, -0.2) is 0 Å². The highest BCUT2D eigenvalue weighted by Crippen LogP contribution is 2.18. The quantitative estimate of drug-likeness (QED) is 0.792. The molecule has 0 radical (unpaired) electrons. The van der Waals surface area contributed by atoms with Gasteiger partial charge in [0, 0.05) is 29.1 Å². The third-order valence-electron chi connectivity index (χ3n) is 3.47. The molecule has 1 heterocycles. The maximum absolute atomic E-state index is 12.4. The van der Waals surface area contributed by atoms with Gasteiger partial charge in [0.15, 0.2) is 0 Å². The normalized spacial score (nSPS) is 19.4. The molecular weight excluding hydrogens is 264 g/mol. The summed E-state index contributed by atoms with van der Waals surface area (Å²) in [7, 11) is -1.67. The Morgan fingerprint density at radius 1 is 1.47 bits per heavy atom. The Morgan fingerprint density at radius 2 is 2.21 bits per heavy atom. The van der Waals surface area contributed by atoms with E-state index in [1.54, 1.807) is 6.07 Å². The highest BCUT2D eigenvalue weighted by molar-refractivity contribution is 6.62. The van der Waals surface area contributed by atoms with Crippen molar-refractivity contribution in [2.75, 3.05) is 13.1 Å². The fraction of sp³-hybridized carbons (Fsp3) is 0.462. The van der Waals surface area contributed by atoms with Gasteiger partial charge in [0.05, 0.1) is 0 Å². The second-order valence-electron chi connectivity index (χ2n) is 5.11. The van der Waals surface area contributed by atoms with Gasteiger partial charge in [-0.05, 0) is 37.0 Å². The van der Waals surface area contributed by atoms with Crippen LogP contribution in [-0.4, -0.2) is 41.1 Å². The van der Waals surface area contributed by atoms with Gasteiger partial charge in [-0.2, -0.15) is 0 Å². The zero-order valence-corrected chi connectivity index (χ0v) is 11.6. The van der Waals surface area contributed by atoms with Gasteiger partial charge in [-0.3, -0.25) is 4.79 Å². The van der Waals surface area contributed by atoms with Crippen molar-refractivity contribution in [2.24, 2.45) is 5.92 Å². The van der Waals surface area contributed by atoms with Crippen LogP contribution in [0.1, 0.15) is 30.1 Å². The van der Waals surface area contributed by atoms with E-state index in [9.17, 15) is 14.8 Å². The molecule has 6 heteroatoms. The van der Waals surface area contributed by atoms with Crippen molar-refractivity contribution in [3.63, 3.8) is 0 Å². The molecule has 0 unspecified atom stereocenters. The molecule has 1 amide bonds. The molecule has 1 aliphatic heterocycles. The van der Waals surface area contributed by atoms with E-state index < -0.39 is 7.12 Å². The number of halogens is 1. The second kappa shape index (κ2) is 5.95. The first-order valence-electron chi connectivity index (χ1n) is 6.44. The lowest BCUT2D eigenvalue weighted by molar-refractivity contribution is 0.0683. The molecule has 0 spiro atoms. The summed E-state index contributed by atoms with van der Waals surface area (Å²) < 4.78 is 0. The molecule has 1 atom stereocenters. The van der Waals surface area contributed by atoms with Crippen LogP contribution in [0.25, 0.3) is 0 Å². The lowest BCUT2D eigenvalue weighted by atomic mass is 9.79. The van der Waals surface area contributed by atoms with Crippen LogP contribution in [0.5, 0.6) is 0 Å². The van der Waals surface area contributed by atoms with Crippen molar-refractivity contribution in [1.82, 2.24) is 4.90 Å². The fourth-order valence-electron chi connectivity index (χ4n) is 2.43. The van der Waals surface area contributed by atoms with Crippen molar-refractivity contribution in [1.29, 1.82) is 0 Å². The maximum atomic E-state index is 12.4. The number of carbonyl (C=O) groups excluding carboxylic acids is 1. The first-order chi connectivity index (χ1) is 8.99. The SMILES string of the molecule is C[C@@H]1CCCN(C(=O)c2ccc(Cl)c(B(O)O)c2)C1. The smallest absolute Gasteiger partial charge is 0.423 e. The van der Waals surface area contributed by atoms with Crippen LogP contribution in [-0.2, 0) is 0 Å².